The van der Waals surface area contributed by atoms with Crippen molar-refractivity contribution in [1.82, 2.24) is 4.67 Å². The number of likely N-dealkylation sites (N-methyl/N-ethyl adjacent to an activating group) is 1. The predicted octanol–water partition coefficient (Wildman–Crippen LogP) is 0.507. The summed E-state index contributed by atoms with van der Waals surface area (Å²) in [5.41, 5.74) is 0. The average Bonchev–Trinajstić information content (AvgIpc) is 1.83. The van der Waals surface area contributed by atoms with E-state index in [-0.39, 0.29) is 15.2 Å². The van der Waals surface area contributed by atoms with Crippen LogP contribution in [0.1, 0.15) is 6.92 Å². The lowest BCUT2D eigenvalue weighted by Gasteiger charge is -2.05. The summed E-state index contributed by atoms with van der Waals surface area (Å²) in [4.78, 5) is 0. The molecule has 0 heterocycles. The van der Waals surface area contributed by atoms with Crippen molar-refractivity contribution in [2.75, 3.05) is 19.7 Å². The first-order valence-electron chi connectivity index (χ1n) is 2.54. The summed E-state index contributed by atoms with van der Waals surface area (Å²) in [6.07, 6.45) is 0. The first-order chi connectivity index (χ1) is 3.85. The zero-order valence-electron chi connectivity index (χ0n) is 4.87. The molecule has 0 aromatic carbocycles. The summed E-state index contributed by atoms with van der Waals surface area (Å²) >= 11 is 0. The highest BCUT2D eigenvalue weighted by atomic mass is 31.1. The van der Waals surface area contributed by atoms with Gasteiger partial charge in [-0.2, -0.15) is 0 Å². The lowest BCUT2D eigenvalue weighted by Crippen LogP contribution is -2.15. The van der Waals surface area contributed by atoms with E-state index >= 15 is 0 Å². The molecule has 4 heteroatoms. The van der Waals surface area contributed by atoms with E-state index in [2.05, 4.69) is 0 Å². The van der Waals surface area contributed by atoms with Crippen molar-refractivity contribution in [3.05, 3.63) is 0 Å². The standard InChI is InChI=1S/C4H10NO2P/c1-2-5(8-7)3-4-6/h6H,2-4H2,1H3. The molecule has 0 radical (unpaired) electrons. The van der Waals surface area contributed by atoms with Crippen LogP contribution in [-0.4, -0.2) is 29.5 Å². The predicted molar refractivity (Wildman–Crippen MR) is 31.9 cm³/mol. The van der Waals surface area contributed by atoms with Crippen LogP contribution in [0.2, 0.25) is 0 Å². The van der Waals surface area contributed by atoms with Gasteiger partial charge in [-0.15, -0.1) is 0 Å². The zero-order chi connectivity index (χ0) is 6.41. The summed E-state index contributed by atoms with van der Waals surface area (Å²) in [7, 11) is -0.00156. The first kappa shape index (κ1) is 8.02. The maximum Gasteiger partial charge on any atom is 0.248 e. The van der Waals surface area contributed by atoms with Gasteiger partial charge in [0.2, 0.25) is 8.61 Å². The molecule has 8 heavy (non-hydrogen) atoms. The summed E-state index contributed by atoms with van der Waals surface area (Å²) in [6.45, 7) is 3.16. The number of hydrogen-bond acceptors (Lipinski definition) is 2. The van der Waals surface area contributed by atoms with Gasteiger partial charge in [-0.05, 0) is 0 Å². The van der Waals surface area contributed by atoms with Crippen LogP contribution in [0.5, 0.6) is 0 Å². The Kier molecular flexibility index (Phi) is 5.18. The van der Waals surface area contributed by atoms with Crippen LogP contribution in [0.3, 0.4) is 0 Å². The van der Waals surface area contributed by atoms with Crippen molar-refractivity contribution in [1.29, 1.82) is 0 Å². The first-order valence-corrected chi connectivity index (χ1v) is 3.30. The van der Waals surface area contributed by atoms with Gasteiger partial charge in [0.05, 0.1) is 6.61 Å². The molecule has 0 unspecified atom stereocenters. The van der Waals surface area contributed by atoms with E-state index in [0.717, 1.165) is 0 Å². The maximum absolute atomic E-state index is 10.0. The van der Waals surface area contributed by atoms with Crippen LogP contribution >= 0.6 is 8.61 Å². The van der Waals surface area contributed by atoms with E-state index in [1.807, 2.05) is 6.92 Å². The van der Waals surface area contributed by atoms with Gasteiger partial charge in [-0.25, -0.2) is 4.67 Å². The third-order valence-electron chi connectivity index (χ3n) is 0.839. The number of hydrogen-bond donors (Lipinski definition) is 1. The second kappa shape index (κ2) is 5.16. The summed E-state index contributed by atoms with van der Waals surface area (Å²) < 4.78 is 11.6. The van der Waals surface area contributed by atoms with E-state index in [1.165, 1.54) is 0 Å². The topological polar surface area (TPSA) is 40.5 Å². The van der Waals surface area contributed by atoms with Gasteiger partial charge >= 0.3 is 0 Å². The Hall–Kier alpha value is 0.0200. The maximum atomic E-state index is 10.0. The molecule has 0 aliphatic heterocycles. The SMILES string of the molecule is CCN(CCO)P=O. The van der Waals surface area contributed by atoms with Crippen molar-refractivity contribution < 1.29 is 9.67 Å². The zero-order valence-corrected chi connectivity index (χ0v) is 5.77. The molecule has 3 nitrogen and oxygen atoms in total. The van der Waals surface area contributed by atoms with Gasteiger partial charge in [0, 0.05) is 13.1 Å². The number of rotatable bonds is 4. The summed E-state index contributed by atoms with van der Waals surface area (Å²) in [5, 5.41) is 8.31. The minimum absolute atomic E-state index is 0.00156. The van der Waals surface area contributed by atoms with Crippen LogP contribution in [0.15, 0.2) is 0 Å². The molecule has 0 aliphatic rings. The Balaban J connectivity index is 3.21. The second-order valence-corrected chi connectivity index (χ2v) is 2.08. The fourth-order valence-corrected chi connectivity index (χ4v) is 0.659. The average molecular weight is 135 g/mol. The molecule has 0 aromatic heterocycles. The Morgan fingerprint density at radius 1 is 1.75 bits per heavy atom. The smallest absolute Gasteiger partial charge is 0.248 e. The van der Waals surface area contributed by atoms with E-state index in [4.69, 9.17) is 5.11 Å². The van der Waals surface area contributed by atoms with Crippen molar-refractivity contribution in [3.8, 4) is 0 Å². The molecular formula is C4H10NO2P. The molecule has 0 atom stereocenters. The van der Waals surface area contributed by atoms with Gasteiger partial charge < -0.3 is 5.11 Å². The molecule has 0 amide bonds. The van der Waals surface area contributed by atoms with Gasteiger partial charge in [0.15, 0.2) is 0 Å². The van der Waals surface area contributed by atoms with Crippen LogP contribution in [0.4, 0.5) is 0 Å². The second-order valence-electron chi connectivity index (χ2n) is 1.35. The highest BCUT2D eigenvalue weighted by Crippen LogP contribution is 2.00. The Labute approximate surface area is 50.6 Å². The molecule has 48 valence electrons. The molecule has 0 saturated heterocycles. The molecule has 0 fully saturated rings. The van der Waals surface area contributed by atoms with E-state index in [1.54, 1.807) is 4.67 Å². The van der Waals surface area contributed by atoms with Crippen molar-refractivity contribution in [3.63, 3.8) is 0 Å². The lowest BCUT2D eigenvalue weighted by atomic mass is 10.6. The quantitative estimate of drug-likeness (QED) is 0.571. The number of nitrogens with zero attached hydrogens (tertiary/aromatic N) is 1. The van der Waals surface area contributed by atoms with Crippen molar-refractivity contribution in [2.45, 2.75) is 6.92 Å². The molecule has 0 rings (SSSR count). The fraction of sp³-hybridized carbons (Fsp3) is 1.00. The Bertz CT molecular complexity index is 69.1. The molecule has 0 aliphatic carbocycles. The lowest BCUT2D eigenvalue weighted by molar-refractivity contribution is 0.261. The molecule has 1 N–H and O–H groups in total. The van der Waals surface area contributed by atoms with Crippen LogP contribution < -0.4 is 0 Å². The Morgan fingerprint density at radius 2 is 2.38 bits per heavy atom. The van der Waals surface area contributed by atoms with Crippen molar-refractivity contribution in [2.24, 2.45) is 0 Å². The number of aliphatic hydroxyl groups excluding tert-OH is 1. The molecular weight excluding hydrogens is 125 g/mol. The van der Waals surface area contributed by atoms with E-state index in [9.17, 15) is 4.57 Å². The monoisotopic (exact) mass is 135 g/mol. The molecule has 0 aromatic rings. The van der Waals surface area contributed by atoms with Crippen LogP contribution in [-0.2, 0) is 4.57 Å². The molecule has 0 spiro atoms. The van der Waals surface area contributed by atoms with Gasteiger partial charge in [-0.1, -0.05) is 6.92 Å². The highest BCUT2D eigenvalue weighted by molar-refractivity contribution is 7.20. The van der Waals surface area contributed by atoms with Gasteiger partial charge in [0.1, 0.15) is 0 Å². The summed E-state index contributed by atoms with van der Waals surface area (Å²) in [5.74, 6) is 0. The largest absolute Gasteiger partial charge is 0.395 e. The highest BCUT2D eigenvalue weighted by Gasteiger charge is 1.96. The summed E-state index contributed by atoms with van der Waals surface area (Å²) in [6, 6.07) is 0. The third kappa shape index (κ3) is 3.08. The van der Waals surface area contributed by atoms with Gasteiger partial charge in [-0.3, -0.25) is 4.57 Å². The van der Waals surface area contributed by atoms with Crippen LogP contribution in [0, 0.1) is 0 Å². The van der Waals surface area contributed by atoms with Gasteiger partial charge in [0.25, 0.3) is 0 Å². The van der Waals surface area contributed by atoms with E-state index < -0.39 is 0 Å². The minimum atomic E-state index is -0.00156. The van der Waals surface area contributed by atoms with E-state index in [0.29, 0.717) is 13.1 Å². The fourth-order valence-electron chi connectivity index (χ4n) is 0.372. The molecule has 0 bridgehead atoms. The van der Waals surface area contributed by atoms with Crippen LogP contribution in [0.25, 0.3) is 0 Å². The Morgan fingerprint density at radius 3 is 2.50 bits per heavy atom. The minimum Gasteiger partial charge on any atom is -0.395 e. The normalized spacial score (nSPS) is 10.9. The third-order valence-corrected chi connectivity index (χ3v) is 1.55. The van der Waals surface area contributed by atoms with Crippen molar-refractivity contribution >= 4 is 8.61 Å². The number of aliphatic hydroxyl groups is 1. The molecule has 0 saturated carbocycles.